The van der Waals surface area contributed by atoms with Crippen molar-refractivity contribution in [1.82, 2.24) is 5.43 Å². The Morgan fingerprint density at radius 2 is 1.77 bits per heavy atom. The van der Waals surface area contributed by atoms with Crippen LogP contribution in [0.3, 0.4) is 0 Å². The number of hydrogen-bond donors (Lipinski definition) is 1. The molecular weight excluding hydrogens is 324 g/mol. The number of carbonyl (C=O) groups is 1. The molecule has 0 bridgehead atoms. The number of nitrogens with zero attached hydrogens (tertiary/aromatic N) is 1. The SMILES string of the molecule is Cc1ccccc1C(=O)NN=Cc1cccc(OCc2ccccc2)c1. The second-order valence-corrected chi connectivity index (χ2v) is 5.86. The van der Waals surface area contributed by atoms with Crippen LogP contribution in [-0.2, 0) is 6.61 Å². The maximum Gasteiger partial charge on any atom is 0.271 e. The largest absolute Gasteiger partial charge is 0.489 e. The summed E-state index contributed by atoms with van der Waals surface area (Å²) < 4.78 is 5.80. The number of hydrogen-bond acceptors (Lipinski definition) is 3. The Kier molecular flexibility index (Phi) is 5.78. The molecule has 0 saturated carbocycles. The summed E-state index contributed by atoms with van der Waals surface area (Å²) >= 11 is 0. The Hall–Kier alpha value is -3.40. The molecule has 3 aromatic carbocycles. The van der Waals surface area contributed by atoms with Gasteiger partial charge in [-0.1, -0.05) is 60.7 Å². The maximum atomic E-state index is 12.1. The molecule has 4 nitrogen and oxygen atoms in total. The standard InChI is InChI=1S/C22H20N2O2/c1-17-8-5-6-13-21(17)22(25)24-23-15-19-11-7-12-20(14-19)26-16-18-9-3-2-4-10-18/h2-15H,16H2,1H3,(H,24,25). The van der Waals surface area contributed by atoms with Gasteiger partial charge in [-0.2, -0.15) is 5.10 Å². The van der Waals surface area contributed by atoms with Crippen molar-refractivity contribution in [2.45, 2.75) is 13.5 Å². The summed E-state index contributed by atoms with van der Waals surface area (Å²) in [6, 6.07) is 25.0. The summed E-state index contributed by atoms with van der Waals surface area (Å²) in [6.45, 7) is 2.40. The number of amides is 1. The minimum Gasteiger partial charge on any atom is -0.489 e. The summed E-state index contributed by atoms with van der Waals surface area (Å²) in [4.78, 5) is 12.1. The van der Waals surface area contributed by atoms with E-state index in [9.17, 15) is 4.79 Å². The average molecular weight is 344 g/mol. The van der Waals surface area contributed by atoms with E-state index >= 15 is 0 Å². The van der Waals surface area contributed by atoms with E-state index in [4.69, 9.17) is 4.74 Å². The Morgan fingerprint density at radius 3 is 2.58 bits per heavy atom. The van der Waals surface area contributed by atoms with Crippen LogP contribution in [0.5, 0.6) is 5.75 Å². The third-order valence-electron chi connectivity index (χ3n) is 3.88. The Morgan fingerprint density at radius 1 is 1.00 bits per heavy atom. The number of hydrazone groups is 1. The quantitative estimate of drug-likeness (QED) is 0.534. The molecule has 3 aromatic rings. The molecule has 4 heteroatoms. The first-order valence-corrected chi connectivity index (χ1v) is 8.38. The number of carbonyl (C=O) groups excluding carboxylic acids is 1. The van der Waals surface area contributed by atoms with E-state index in [-0.39, 0.29) is 5.91 Å². The highest BCUT2D eigenvalue weighted by atomic mass is 16.5. The van der Waals surface area contributed by atoms with E-state index in [0.29, 0.717) is 12.2 Å². The minimum atomic E-state index is -0.226. The van der Waals surface area contributed by atoms with Crippen LogP contribution in [0, 0.1) is 6.92 Å². The van der Waals surface area contributed by atoms with Gasteiger partial charge in [0.05, 0.1) is 6.21 Å². The van der Waals surface area contributed by atoms with E-state index in [0.717, 1.165) is 22.4 Å². The summed E-state index contributed by atoms with van der Waals surface area (Å²) in [5.74, 6) is 0.527. The zero-order valence-corrected chi connectivity index (χ0v) is 14.6. The van der Waals surface area contributed by atoms with Gasteiger partial charge in [-0.25, -0.2) is 5.43 Å². The Bertz CT molecular complexity index is 905. The van der Waals surface area contributed by atoms with Gasteiger partial charge in [0.2, 0.25) is 0 Å². The zero-order valence-electron chi connectivity index (χ0n) is 14.6. The number of benzene rings is 3. The van der Waals surface area contributed by atoms with Gasteiger partial charge in [0.25, 0.3) is 5.91 Å². The molecule has 0 heterocycles. The molecule has 130 valence electrons. The normalized spacial score (nSPS) is 10.7. The number of nitrogens with one attached hydrogen (secondary N) is 1. The van der Waals surface area contributed by atoms with Crippen molar-refractivity contribution in [3.05, 3.63) is 101 Å². The van der Waals surface area contributed by atoms with Gasteiger partial charge in [0, 0.05) is 5.56 Å². The molecule has 1 amide bonds. The lowest BCUT2D eigenvalue weighted by atomic mass is 10.1. The van der Waals surface area contributed by atoms with Crippen LogP contribution in [0.2, 0.25) is 0 Å². The average Bonchev–Trinajstić information content (AvgIpc) is 2.68. The lowest BCUT2D eigenvalue weighted by molar-refractivity contribution is 0.0954. The lowest BCUT2D eigenvalue weighted by Crippen LogP contribution is -2.18. The lowest BCUT2D eigenvalue weighted by Gasteiger charge is -2.07. The molecule has 0 spiro atoms. The highest BCUT2D eigenvalue weighted by Gasteiger charge is 2.06. The van der Waals surface area contributed by atoms with Crippen molar-refractivity contribution < 1.29 is 9.53 Å². The van der Waals surface area contributed by atoms with Gasteiger partial charge in [0.15, 0.2) is 0 Å². The molecule has 0 aliphatic heterocycles. The van der Waals surface area contributed by atoms with Crippen molar-refractivity contribution in [3.8, 4) is 5.75 Å². The first-order chi connectivity index (χ1) is 12.7. The predicted octanol–water partition coefficient (Wildman–Crippen LogP) is 4.34. The third kappa shape index (κ3) is 4.80. The molecule has 26 heavy (non-hydrogen) atoms. The molecule has 0 aliphatic carbocycles. The van der Waals surface area contributed by atoms with E-state index in [1.807, 2.05) is 79.7 Å². The van der Waals surface area contributed by atoms with Crippen LogP contribution in [0.1, 0.15) is 27.0 Å². The van der Waals surface area contributed by atoms with Gasteiger partial charge >= 0.3 is 0 Å². The number of ether oxygens (including phenoxy) is 1. The van der Waals surface area contributed by atoms with E-state index in [1.165, 1.54) is 0 Å². The van der Waals surface area contributed by atoms with Crippen LogP contribution >= 0.6 is 0 Å². The summed E-state index contributed by atoms with van der Waals surface area (Å²) in [7, 11) is 0. The number of aryl methyl sites for hydroxylation is 1. The van der Waals surface area contributed by atoms with Gasteiger partial charge in [-0.05, 0) is 41.8 Å². The smallest absolute Gasteiger partial charge is 0.271 e. The van der Waals surface area contributed by atoms with Crippen LogP contribution in [0.4, 0.5) is 0 Å². The highest BCUT2D eigenvalue weighted by Crippen LogP contribution is 2.14. The molecule has 0 atom stereocenters. The summed E-state index contributed by atoms with van der Waals surface area (Å²) in [5, 5.41) is 4.04. The minimum absolute atomic E-state index is 0.226. The third-order valence-corrected chi connectivity index (χ3v) is 3.88. The van der Waals surface area contributed by atoms with Crippen molar-refractivity contribution >= 4 is 12.1 Å². The van der Waals surface area contributed by atoms with E-state index in [2.05, 4.69) is 10.5 Å². The second kappa shape index (κ2) is 8.62. The molecule has 0 aromatic heterocycles. The summed E-state index contributed by atoms with van der Waals surface area (Å²) in [5.41, 5.74) is 6.04. The van der Waals surface area contributed by atoms with E-state index in [1.54, 1.807) is 12.3 Å². The molecule has 3 rings (SSSR count). The molecule has 0 aliphatic rings. The van der Waals surface area contributed by atoms with Crippen LogP contribution < -0.4 is 10.2 Å². The first kappa shape index (κ1) is 17.4. The van der Waals surface area contributed by atoms with Crippen molar-refractivity contribution in [2.24, 2.45) is 5.10 Å². The van der Waals surface area contributed by atoms with Gasteiger partial charge in [0.1, 0.15) is 12.4 Å². The molecular formula is C22H20N2O2. The monoisotopic (exact) mass is 344 g/mol. The van der Waals surface area contributed by atoms with Crippen LogP contribution in [-0.4, -0.2) is 12.1 Å². The maximum absolute atomic E-state index is 12.1. The second-order valence-electron chi connectivity index (χ2n) is 5.86. The fourth-order valence-corrected chi connectivity index (χ4v) is 2.48. The van der Waals surface area contributed by atoms with E-state index < -0.39 is 0 Å². The zero-order chi connectivity index (χ0) is 18.2. The van der Waals surface area contributed by atoms with Gasteiger partial charge in [-0.3, -0.25) is 4.79 Å². The van der Waals surface area contributed by atoms with Crippen LogP contribution in [0.15, 0.2) is 84.0 Å². The molecule has 0 unspecified atom stereocenters. The topological polar surface area (TPSA) is 50.7 Å². The molecule has 0 radical (unpaired) electrons. The van der Waals surface area contributed by atoms with Crippen molar-refractivity contribution in [3.63, 3.8) is 0 Å². The molecule has 0 fully saturated rings. The fraction of sp³-hybridized carbons (Fsp3) is 0.0909. The Labute approximate surface area is 153 Å². The van der Waals surface area contributed by atoms with Crippen molar-refractivity contribution in [1.29, 1.82) is 0 Å². The Balaban J connectivity index is 1.59. The van der Waals surface area contributed by atoms with Crippen LogP contribution in [0.25, 0.3) is 0 Å². The fourth-order valence-electron chi connectivity index (χ4n) is 2.48. The number of rotatable bonds is 6. The first-order valence-electron chi connectivity index (χ1n) is 8.38. The predicted molar refractivity (Wildman–Crippen MR) is 103 cm³/mol. The molecule has 0 saturated heterocycles. The van der Waals surface area contributed by atoms with Gasteiger partial charge < -0.3 is 4.74 Å². The highest BCUT2D eigenvalue weighted by molar-refractivity contribution is 5.96. The van der Waals surface area contributed by atoms with Gasteiger partial charge in [-0.15, -0.1) is 0 Å². The molecule has 1 N–H and O–H groups in total. The van der Waals surface area contributed by atoms with Crippen molar-refractivity contribution in [2.75, 3.05) is 0 Å². The summed E-state index contributed by atoms with van der Waals surface area (Å²) in [6.07, 6.45) is 1.60.